The van der Waals surface area contributed by atoms with Gasteiger partial charge in [0.15, 0.2) is 0 Å². The highest BCUT2D eigenvalue weighted by Gasteiger charge is 2.32. The topological polar surface area (TPSA) is 55.1 Å². The molecule has 0 aromatic heterocycles. The molecule has 112 valence electrons. The van der Waals surface area contributed by atoms with Crippen LogP contribution >= 0.6 is 12.4 Å². The standard InChI is InChI=1S/C16H24N2O.ClH/c1-13-6-5-7-14(10-13)18-15(19)11-16(12-17)8-3-2-4-9-16;/h5-7,10H,2-4,8-9,11-12,17H2,1H3,(H,18,19);1H. The van der Waals surface area contributed by atoms with E-state index < -0.39 is 0 Å². The van der Waals surface area contributed by atoms with Crippen molar-refractivity contribution in [3.8, 4) is 0 Å². The van der Waals surface area contributed by atoms with Gasteiger partial charge in [-0.1, -0.05) is 31.4 Å². The van der Waals surface area contributed by atoms with Gasteiger partial charge >= 0.3 is 0 Å². The number of nitrogens with one attached hydrogen (secondary N) is 1. The van der Waals surface area contributed by atoms with E-state index >= 15 is 0 Å². The number of rotatable bonds is 4. The van der Waals surface area contributed by atoms with E-state index in [4.69, 9.17) is 5.73 Å². The molecule has 1 aliphatic carbocycles. The third-order valence-electron chi connectivity index (χ3n) is 4.18. The SMILES string of the molecule is Cc1cccc(NC(=O)CC2(CN)CCCCC2)c1.Cl. The Hall–Kier alpha value is -1.06. The first-order valence-corrected chi connectivity index (χ1v) is 7.20. The molecule has 1 aromatic carbocycles. The highest BCUT2D eigenvalue weighted by atomic mass is 35.5. The Labute approximate surface area is 127 Å². The third kappa shape index (κ3) is 4.50. The number of benzene rings is 1. The third-order valence-corrected chi connectivity index (χ3v) is 4.18. The van der Waals surface area contributed by atoms with Gasteiger partial charge in [0, 0.05) is 12.1 Å². The summed E-state index contributed by atoms with van der Waals surface area (Å²) >= 11 is 0. The maximum absolute atomic E-state index is 12.2. The van der Waals surface area contributed by atoms with Crippen molar-refractivity contribution in [2.24, 2.45) is 11.1 Å². The molecular formula is C16H25ClN2O. The first-order chi connectivity index (χ1) is 9.13. The molecular weight excluding hydrogens is 272 g/mol. The summed E-state index contributed by atoms with van der Waals surface area (Å²) in [6.45, 7) is 2.65. The number of aryl methyl sites for hydroxylation is 1. The van der Waals surface area contributed by atoms with Gasteiger partial charge in [0.2, 0.25) is 5.91 Å². The van der Waals surface area contributed by atoms with E-state index in [0.717, 1.165) is 24.1 Å². The maximum Gasteiger partial charge on any atom is 0.224 e. The minimum absolute atomic E-state index is 0. The minimum Gasteiger partial charge on any atom is -0.330 e. The van der Waals surface area contributed by atoms with Crippen LogP contribution in [0.25, 0.3) is 0 Å². The number of amides is 1. The minimum atomic E-state index is 0. The number of nitrogens with two attached hydrogens (primary N) is 1. The quantitative estimate of drug-likeness (QED) is 0.891. The van der Waals surface area contributed by atoms with Gasteiger partial charge in [-0.05, 0) is 49.4 Å². The van der Waals surface area contributed by atoms with E-state index in [0.29, 0.717) is 13.0 Å². The monoisotopic (exact) mass is 296 g/mol. The highest BCUT2D eigenvalue weighted by Crippen LogP contribution is 2.38. The summed E-state index contributed by atoms with van der Waals surface area (Å²) < 4.78 is 0. The summed E-state index contributed by atoms with van der Waals surface area (Å²) in [5.74, 6) is 0.0953. The second-order valence-electron chi connectivity index (χ2n) is 5.86. The summed E-state index contributed by atoms with van der Waals surface area (Å²) in [5, 5.41) is 2.99. The Balaban J connectivity index is 0.00000200. The van der Waals surface area contributed by atoms with Gasteiger partial charge in [-0.2, -0.15) is 0 Å². The van der Waals surface area contributed by atoms with E-state index in [1.165, 1.54) is 19.3 Å². The average Bonchev–Trinajstić information content (AvgIpc) is 2.39. The number of halogens is 1. The van der Waals surface area contributed by atoms with Gasteiger partial charge in [0.05, 0.1) is 0 Å². The maximum atomic E-state index is 12.2. The summed E-state index contributed by atoms with van der Waals surface area (Å²) in [6.07, 6.45) is 6.41. The fraction of sp³-hybridized carbons (Fsp3) is 0.562. The van der Waals surface area contributed by atoms with Crippen LogP contribution in [-0.4, -0.2) is 12.5 Å². The van der Waals surface area contributed by atoms with Crippen molar-refractivity contribution in [2.45, 2.75) is 45.4 Å². The lowest BCUT2D eigenvalue weighted by atomic mass is 9.71. The van der Waals surface area contributed by atoms with Crippen molar-refractivity contribution in [3.63, 3.8) is 0 Å². The van der Waals surface area contributed by atoms with Crippen LogP contribution in [0.5, 0.6) is 0 Å². The van der Waals surface area contributed by atoms with Crippen LogP contribution in [0, 0.1) is 12.3 Å². The molecule has 3 N–H and O–H groups in total. The molecule has 0 radical (unpaired) electrons. The molecule has 2 rings (SSSR count). The lowest BCUT2D eigenvalue weighted by molar-refractivity contribution is -0.118. The largest absolute Gasteiger partial charge is 0.330 e. The molecule has 1 saturated carbocycles. The van der Waals surface area contributed by atoms with E-state index in [1.54, 1.807) is 0 Å². The normalized spacial score (nSPS) is 17.1. The van der Waals surface area contributed by atoms with E-state index in [2.05, 4.69) is 5.32 Å². The Morgan fingerprint density at radius 2 is 2.00 bits per heavy atom. The first kappa shape index (κ1) is 17.0. The molecule has 0 atom stereocenters. The summed E-state index contributed by atoms with van der Waals surface area (Å²) in [5.41, 5.74) is 8.00. The predicted molar refractivity (Wildman–Crippen MR) is 86.2 cm³/mol. The number of carbonyl (C=O) groups is 1. The second-order valence-corrected chi connectivity index (χ2v) is 5.86. The van der Waals surface area contributed by atoms with Gasteiger partial charge < -0.3 is 11.1 Å². The predicted octanol–water partition coefficient (Wildman–Crippen LogP) is 3.65. The Bertz CT molecular complexity index is 442. The first-order valence-electron chi connectivity index (χ1n) is 7.20. The Morgan fingerprint density at radius 1 is 1.30 bits per heavy atom. The highest BCUT2D eigenvalue weighted by molar-refractivity contribution is 5.91. The van der Waals surface area contributed by atoms with Crippen LogP contribution < -0.4 is 11.1 Å². The van der Waals surface area contributed by atoms with Crippen LogP contribution in [-0.2, 0) is 4.79 Å². The molecule has 0 bridgehead atoms. The van der Waals surface area contributed by atoms with E-state index in [1.807, 2.05) is 31.2 Å². The molecule has 0 saturated heterocycles. The molecule has 3 nitrogen and oxygen atoms in total. The zero-order valence-electron chi connectivity index (χ0n) is 12.2. The van der Waals surface area contributed by atoms with Crippen LogP contribution in [0.2, 0.25) is 0 Å². The molecule has 1 fully saturated rings. The smallest absolute Gasteiger partial charge is 0.224 e. The van der Waals surface area contributed by atoms with Crippen LogP contribution in [0.1, 0.15) is 44.1 Å². The average molecular weight is 297 g/mol. The summed E-state index contributed by atoms with van der Waals surface area (Å²) in [6, 6.07) is 7.91. The number of hydrogen-bond donors (Lipinski definition) is 2. The van der Waals surface area contributed by atoms with E-state index in [9.17, 15) is 4.79 Å². The molecule has 4 heteroatoms. The van der Waals surface area contributed by atoms with Gasteiger partial charge in [-0.15, -0.1) is 12.4 Å². The Morgan fingerprint density at radius 3 is 2.60 bits per heavy atom. The number of anilines is 1. The van der Waals surface area contributed by atoms with Gasteiger partial charge in [0.1, 0.15) is 0 Å². The lowest BCUT2D eigenvalue weighted by Crippen LogP contribution is -2.36. The van der Waals surface area contributed by atoms with Crippen LogP contribution in [0.4, 0.5) is 5.69 Å². The van der Waals surface area contributed by atoms with Gasteiger partial charge in [-0.3, -0.25) is 4.79 Å². The van der Waals surface area contributed by atoms with Crippen molar-refractivity contribution < 1.29 is 4.79 Å². The molecule has 0 spiro atoms. The van der Waals surface area contributed by atoms with Crippen molar-refractivity contribution >= 4 is 24.0 Å². The zero-order chi connectivity index (χ0) is 13.7. The van der Waals surface area contributed by atoms with Crippen molar-refractivity contribution in [2.75, 3.05) is 11.9 Å². The number of hydrogen-bond acceptors (Lipinski definition) is 2. The fourth-order valence-electron chi connectivity index (χ4n) is 3.02. The van der Waals surface area contributed by atoms with Gasteiger partial charge in [0.25, 0.3) is 0 Å². The fourth-order valence-corrected chi connectivity index (χ4v) is 3.02. The number of carbonyl (C=O) groups excluding carboxylic acids is 1. The molecule has 0 heterocycles. The second kappa shape index (κ2) is 7.65. The van der Waals surface area contributed by atoms with Crippen molar-refractivity contribution in [1.82, 2.24) is 0 Å². The Kier molecular flexibility index (Phi) is 6.50. The van der Waals surface area contributed by atoms with Crippen molar-refractivity contribution in [1.29, 1.82) is 0 Å². The molecule has 1 aliphatic rings. The summed E-state index contributed by atoms with van der Waals surface area (Å²) in [7, 11) is 0. The van der Waals surface area contributed by atoms with Crippen LogP contribution in [0.15, 0.2) is 24.3 Å². The zero-order valence-corrected chi connectivity index (χ0v) is 13.0. The van der Waals surface area contributed by atoms with E-state index in [-0.39, 0.29) is 23.7 Å². The molecule has 1 amide bonds. The lowest BCUT2D eigenvalue weighted by Gasteiger charge is -2.35. The molecule has 0 unspecified atom stereocenters. The molecule has 0 aliphatic heterocycles. The van der Waals surface area contributed by atoms with Gasteiger partial charge in [-0.25, -0.2) is 0 Å². The molecule has 20 heavy (non-hydrogen) atoms. The summed E-state index contributed by atoms with van der Waals surface area (Å²) in [4.78, 5) is 12.2. The molecule has 1 aromatic rings. The van der Waals surface area contributed by atoms with Crippen LogP contribution in [0.3, 0.4) is 0 Å². The van der Waals surface area contributed by atoms with Crippen molar-refractivity contribution in [3.05, 3.63) is 29.8 Å².